The van der Waals surface area contributed by atoms with Crippen molar-refractivity contribution in [3.63, 3.8) is 0 Å². The number of thioether (sulfide) groups is 1. The number of amides is 1. The Bertz CT molecular complexity index is 812. The molecule has 0 unspecified atom stereocenters. The molecule has 0 bridgehead atoms. The number of nitrogens with one attached hydrogen (secondary N) is 1. The molecule has 6 heteroatoms. The quantitative estimate of drug-likeness (QED) is 0.825. The Labute approximate surface area is 150 Å². The second-order valence-electron chi connectivity index (χ2n) is 5.18. The number of benzene rings is 2. The molecule has 0 aliphatic carbocycles. The first-order valence-electron chi connectivity index (χ1n) is 7.84. The van der Waals surface area contributed by atoms with Crippen LogP contribution in [0.3, 0.4) is 0 Å². The van der Waals surface area contributed by atoms with Crippen LogP contribution in [-0.2, 0) is 4.79 Å². The molecule has 0 atom stereocenters. The summed E-state index contributed by atoms with van der Waals surface area (Å²) in [4.78, 5) is 17.2. The lowest BCUT2D eigenvalue weighted by Crippen LogP contribution is -2.19. The predicted octanol–water partition coefficient (Wildman–Crippen LogP) is 3.99. The molecule has 0 radical (unpaired) electrons. The van der Waals surface area contributed by atoms with Crippen molar-refractivity contribution in [2.24, 2.45) is 4.99 Å². The van der Waals surface area contributed by atoms with Crippen molar-refractivity contribution in [1.82, 2.24) is 5.32 Å². The van der Waals surface area contributed by atoms with Gasteiger partial charge < -0.3 is 14.8 Å². The summed E-state index contributed by atoms with van der Waals surface area (Å²) >= 11 is 1.32. The lowest BCUT2D eigenvalue weighted by Gasteiger charge is -2.02. The first kappa shape index (κ1) is 17.1. The van der Waals surface area contributed by atoms with Crippen LogP contribution in [0.1, 0.15) is 12.5 Å². The van der Waals surface area contributed by atoms with Crippen LogP contribution < -0.4 is 14.8 Å². The average molecular weight is 354 g/mol. The summed E-state index contributed by atoms with van der Waals surface area (Å²) in [5.74, 6) is 1.43. The number of methoxy groups -OCH3 is 1. The number of nitrogens with zero attached hydrogens (tertiary/aromatic N) is 1. The van der Waals surface area contributed by atoms with E-state index in [-0.39, 0.29) is 5.91 Å². The maximum Gasteiger partial charge on any atom is 0.264 e. The Morgan fingerprint density at radius 2 is 1.76 bits per heavy atom. The number of amidine groups is 1. The van der Waals surface area contributed by atoms with E-state index in [2.05, 4.69) is 10.3 Å². The number of hydrogen-bond acceptors (Lipinski definition) is 5. The third kappa shape index (κ3) is 4.42. The van der Waals surface area contributed by atoms with Crippen LogP contribution in [0.25, 0.3) is 6.08 Å². The second kappa shape index (κ2) is 7.90. The number of rotatable bonds is 5. The summed E-state index contributed by atoms with van der Waals surface area (Å²) in [5.41, 5.74) is 1.69. The van der Waals surface area contributed by atoms with Crippen molar-refractivity contribution in [2.75, 3.05) is 13.7 Å². The minimum atomic E-state index is -0.147. The van der Waals surface area contributed by atoms with E-state index in [0.29, 0.717) is 16.7 Å². The van der Waals surface area contributed by atoms with Gasteiger partial charge in [-0.3, -0.25) is 4.79 Å². The highest BCUT2D eigenvalue weighted by molar-refractivity contribution is 8.18. The Morgan fingerprint density at radius 1 is 1.08 bits per heavy atom. The van der Waals surface area contributed by atoms with Gasteiger partial charge in [0.2, 0.25) is 0 Å². The van der Waals surface area contributed by atoms with Crippen LogP contribution in [0.4, 0.5) is 5.69 Å². The van der Waals surface area contributed by atoms with Gasteiger partial charge in [-0.05, 0) is 66.7 Å². The summed E-state index contributed by atoms with van der Waals surface area (Å²) in [6.07, 6.45) is 1.84. The van der Waals surface area contributed by atoms with Gasteiger partial charge in [0.05, 0.1) is 24.3 Å². The normalized spacial score (nSPS) is 17.0. The maximum atomic E-state index is 12.1. The van der Waals surface area contributed by atoms with Gasteiger partial charge in [-0.1, -0.05) is 12.1 Å². The third-order valence-electron chi connectivity index (χ3n) is 3.44. The van der Waals surface area contributed by atoms with Gasteiger partial charge in [-0.25, -0.2) is 4.99 Å². The van der Waals surface area contributed by atoms with Gasteiger partial charge in [-0.2, -0.15) is 0 Å². The third-order valence-corrected chi connectivity index (χ3v) is 4.35. The number of carbonyl (C=O) groups excluding carboxylic acids is 1. The zero-order chi connectivity index (χ0) is 17.6. The highest BCUT2D eigenvalue weighted by Gasteiger charge is 2.23. The minimum Gasteiger partial charge on any atom is -0.497 e. The molecule has 2 aromatic carbocycles. The molecule has 1 aliphatic heterocycles. The lowest BCUT2D eigenvalue weighted by molar-refractivity contribution is -0.115. The Kier molecular flexibility index (Phi) is 5.40. The summed E-state index contributed by atoms with van der Waals surface area (Å²) in [5, 5.41) is 3.35. The zero-order valence-electron chi connectivity index (χ0n) is 14.0. The van der Waals surface area contributed by atoms with Crippen molar-refractivity contribution in [2.45, 2.75) is 6.92 Å². The van der Waals surface area contributed by atoms with Gasteiger partial charge in [0.1, 0.15) is 11.5 Å². The summed E-state index contributed by atoms with van der Waals surface area (Å²) < 4.78 is 10.5. The molecule has 1 N–H and O–H groups in total. The van der Waals surface area contributed by atoms with E-state index in [4.69, 9.17) is 9.47 Å². The smallest absolute Gasteiger partial charge is 0.264 e. The van der Waals surface area contributed by atoms with Crippen LogP contribution in [0.5, 0.6) is 11.5 Å². The number of ether oxygens (including phenoxy) is 2. The Balaban J connectivity index is 1.73. The SMILES string of the molecule is CCOc1ccc(/C=C2/SC(=Nc3ccc(OC)cc3)NC2=O)cc1. The predicted molar refractivity (Wildman–Crippen MR) is 101 cm³/mol. The van der Waals surface area contributed by atoms with Gasteiger partial charge in [0.15, 0.2) is 5.17 Å². The lowest BCUT2D eigenvalue weighted by atomic mass is 10.2. The van der Waals surface area contributed by atoms with Gasteiger partial charge in [0.25, 0.3) is 5.91 Å². The summed E-state index contributed by atoms with van der Waals surface area (Å²) in [6, 6.07) is 15.0. The molecule has 1 amide bonds. The van der Waals surface area contributed by atoms with Crippen LogP contribution in [0.2, 0.25) is 0 Å². The first-order chi connectivity index (χ1) is 12.2. The largest absolute Gasteiger partial charge is 0.497 e. The first-order valence-corrected chi connectivity index (χ1v) is 8.66. The topological polar surface area (TPSA) is 59.9 Å². The standard InChI is InChI=1S/C19H18N2O3S/c1-3-24-16-8-4-13(5-9-16)12-17-18(22)21-19(25-17)20-14-6-10-15(23-2)11-7-14/h4-12H,3H2,1-2H3,(H,20,21,22)/b17-12+. The van der Waals surface area contributed by atoms with E-state index < -0.39 is 0 Å². The molecular weight excluding hydrogens is 336 g/mol. The molecule has 3 rings (SSSR count). The van der Waals surface area contributed by atoms with Gasteiger partial charge in [0, 0.05) is 0 Å². The summed E-state index contributed by atoms with van der Waals surface area (Å²) in [7, 11) is 1.62. The number of hydrogen-bond donors (Lipinski definition) is 1. The highest BCUT2D eigenvalue weighted by atomic mass is 32.2. The monoisotopic (exact) mass is 354 g/mol. The molecule has 5 nitrogen and oxygen atoms in total. The maximum absolute atomic E-state index is 12.1. The average Bonchev–Trinajstić information content (AvgIpc) is 2.96. The van der Waals surface area contributed by atoms with E-state index in [1.54, 1.807) is 7.11 Å². The molecular formula is C19H18N2O3S. The summed E-state index contributed by atoms with van der Waals surface area (Å²) in [6.45, 7) is 2.57. The molecule has 0 aromatic heterocycles. The van der Waals surface area contributed by atoms with Crippen LogP contribution in [0, 0.1) is 0 Å². The molecule has 1 saturated heterocycles. The molecule has 0 spiro atoms. The molecule has 1 aliphatic rings. The number of aliphatic imine (C=N–C) groups is 1. The van der Waals surface area contributed by atoms with Crippen molar-refractivity contribution in [1.29, 1.82) is 0 Å². The zero-order valence-corrected chi connectivity index (χ0v) is 14.8. The van der Waals surface area contributed by atoms with Crippen LogP contribution in [0.15, 0.2) is 58.4 Å². The fourth-order valence-corrected chi connectivity index (χ4v) is 3.07. The second-order valence-corrected chi connectivity index (χ2v) is 6.21. The van der Waals surface area contributed by atoms with E-state index in [1.165, 1.54) is 11.8 Å². The fourth-order valence-electron chi connectivity index (χ4n) is 2.23. The van der Waals surface area contributed by atoms with Gasteiger partial charge in [-0.15, -0.1) is 0 Å². The molecule has 1 fully saturated rings. The fraction of sp³-hybridized carbons (Fsp3) is 0.158. The molecule has 0 saturated carbocycles. The van der Waals surface area contributed by atoms with Crippen LogP contribution >= 0.6 is 11.8 Å². The molecule has 1 heterocycles. The number of carbonyl (C=O) groups is 1. The van der Waals surface area contributed by atoms with Crippen molar-refractivity contribution >= 4 is 34.6 Å². The Morgan fingerprint density at radius 3 is 2.40 bits per heavy atom. The van der Waals surface area contributed by atoms with Gasteiger partial charge >= 0.3 is 0 Å². The Hall–Kier alpha value is -2.73. The van der Waals surface area contributed by atoms with E-state index in [9.17, 15) is 4.79 Å². The highest BCUT2D eigenvalue weighted by Crippen LogP contribution is 2.29. The molecule has 128 valence electrons. The van der Waals surface area contributed by atoms with Crippen molar-refractivity contribution in [3.8, 4) is 11.5 Å². The minimum absolute atomic E-state index is 0.147. The van der Waals surface area contributed by atoms with Crippen molar-refractivity contribution < 1.29 is 14.3 Å². The van der Waals surface area contributed by atoms with E-state index in [1.807, 2.05) is 61.5 Å². The molecule has 2 aromatic rings. The van der Waals surface area contributed by atoms with Crippen molar-refractivity contribution in [3.05, 3.63) is 59.0 Å². The van der Waals surface area contributed by atoms with E-state index in [0.717, 1.165) is 22.7 Å². The van der Waals surface area contributed by atoms with Crippen LogP contribution in [-0.4, -0.2) is 24.8 Å². The van der Waals surface area contributed by atoms with E-state index >= 15 is 0 Å². The molecule has 25 heavy (non-hydrogen) atoms.